The second-order valence-corrected chi connectivity index (χ2v) is 10.2. The number of carbonyl (C=O) groups is 1. The van der Waals surface area contributed by atoms with E-state index in [0.717, 1.165) is 21.3 Å². The Morgan fingerprint density at radius 1 is 1.23 bits per heavy atom. The van der Waals surface area contributed by atoms with Gasteiger partial charge in [0.15, 0.2) is 5.13 Å². The van der Waals surface area contributed by atoms with Crippen LogP contribution >= 0.6 is 22.9 Å². The summed E-state index contributed by atoms with van der Waals surface area (Å²) in [5.41, 5.74) is 1.41. The van der Waals surface area contributed by atoms with Crippen molar-refractivity contribution in [3.63, 3.8) is 0 Å². The Bertz CT molecular complexity index is 1210. The molecule has 0 atom stereocenters. The maximum Gasteiger partial charge on any atom is 0.264 e. The number of hydrogen-bond acceptors (Lipinski definition) is 6. The lowest BCUT2D eigenvalue weighted by Crippen LogP contribution is -2.27. The van der Waals surface area contributed by atoms with E-state index in [0.29, 0.717) is 16.6 Å². The molecule has 1 amide bonds. The van der Waals surface area contributed by atoms with Crippen LogP contribution in [-0.2, 0) is 16.4 Å². The van der Waals surface area contributed by atoms with E-state index in [1.807, 2.05) is 13.8 Å². The number of nitrogens with zero attached hydrogens (tertiary/aromatic N) is 2. The van der Waals surface area contributed by atoms with Gasteiger partial charge < -0.3 is 4.74 Å². The molecule has 164 valence electrons. The minimum Gasteiger partial charge on any atom is -0.497 e. The van der Waals surface area contributed by atoms with Crippen molar-refractivity contribution in [2.45, 2.75) is 25.2 Å². The van der Waals surface area contributed by atoms with Crippen LogP contribution in [0, 0.1) is 6.92 Å². The molecule has 1 N–H and O–H groups in total. The number of carbonyl (C=O) groups excluding carboxylic acids is 1. The second-order valence-electron chi connectivity index (χ2n) is 6.64. The summed E-state index contributed by atoms with van der Waals surface area (Å²) >= 11 is 7.56. The summed E-state index contributed by atoms with van der Waals surface area (Å²) in [5.74, 6) is 0.0919. The molecule has 0 saturated heterocycles. The molecule has 3 rings (SSSR count). The number of rotatable bonds is 7. The quantitative estimate of drug-likeness (QED) is 0.528. The molecule has 3 aromatic rings. The number of thiazole rings is 1. The van der Waals surface area contributed by atoms with Crippen molar-refractivity contribution in [2.24, 2.45) is 0 Å². The molecule has 31 heavy (non-hydrogen) atoms. The summed E-state index contributed by atoms with van der Waals surface area (Å²) in [7, 11) is -0.949. The van der Waals surface area contributed by atoms with Gasteiger partial charge in [0.05, 0.1) is 34.0 Å². The number of amides is 1. The fourth-order valence-electron chi connectivity index (χ4n) is 2.90. The number of halogens is 1. The molecule has 1 aromatic heterocycles. The van der Waals surface area contributed by atoms with Crippen LogP contribution < -0.4 is 14.4 Å². The molecule has 7 nitrogen and oxygen atoms in total. The van der Waals surface area contributed by atoms with E-state index >= 15 is 0 Å². The van der Waals surface area contributed by atoms with E-state index in [2.05, 4.69) is 10.3 Å². The first kappa shape index (κ1) is 23.1. The van der Waals surface area contributed by atoms with Crippen molar-refractivity contribution >= 4 is 49.7 Å². The Labute approximate surface area is 190 Å². The number of methoxy groups -OCH3 is 1. The predicted molar refractivity (Wildman–Crippen MR) is 124 cm³/mol. The third-order valence-corrected chi connectivity index (χ3v) is 7.76. The molecule has 2 aromatic carbocycles. The van der Waals surface area contributed by atoms with Crippen molar-refractivity contribution in [2.75, 3.05) is 23.8 Å². The van der Waals surface area contributed by atoms with Gasteiger partial charge in [-0.1, -0.05) is 18.5 Å². The van der Waals surface area contributed by atoms with Crippen LogP contribution in [0.15, 0.2) is 47.4 Å². The highest BCUT2D eigenvalue weighted by molar-refractivity contribution is 7.92. The van der Waals surface area contributed by atoms with Crippen molar-refractivity contribution in [1.29, 1.82) is 0 Å². The normalized spacial score (nSPS) is 11.3. The Kier molecular flexibility index (Phi) is 6.88. The molecule has 0 fully saturated rings. The van der Waals surface area contributed by atoms with Gasteiger partial charge >= 0.3 is 0 Å². The standard InChI is InChI=1S/C21H22ClN3O4S2/c1-5-19-13(2)30-21(23-19)24-20(26)17-12-16(10-11-18(17)22)31(27,28)25(3)14-6-8-15(29-4)9-7-14/h6-12H,5H2,1-4H3,(H,23,24,26). The molecule has 0 aliphatic heterocycles. The predicted octanol–water partition coefficient (Wildman–Crippen LogP) is 4.75. The highest BCUT2D eigenvalue weighted by Crippen LogP contribution is 2.28. The lowest BCUT2D eigenvalue weighted by atomic mass is 10.2. The Morgan fingerprint density at radius 2 is 1.90 bits per heavy atom. The van der Waals surface area contributed by atoms with Gasteiger partial charge in [0.25, 0.3) is 15.9 Å². The molecule has 1 heterocycles. The van der Waals surface area contributed by atoms with Crippen LogP contribution in [0.4, 0.5) is 10.8 Å². The molecule has 10 heteroatoms. The fourth-order valence-corrected chi connectivity index (χ4v) is 5.22. The highest BCUT2D eigenvalue weighted by Gasteiger charge is 2.24. The molecule has 0 spiro atoms. The average Bonchev–Trinajstić information content (AvgIpc) is 3.12. The molecular weight excluding hydrogens is 458 g/mol. The van der Waals surface area contributed by atoms with Crippen molar-refractivity contribution in [3.05, 3.63) is 63.6 Å². The number of benzene rings is 2. The minimum atomic E-state index is -3.92. The molecule has 0 radical (unpaired) electrons. The Morgan fingerprint density at radius 3 is 2.48 bits per heavy atom. The summed E-state index contributed by atoms with van der Waals surface area (Å²) in [5, 5.41) is 3.30. The summed E-state index contributed by atoms with van der Waals surface area (Å²) < 4.78 is 32.5. The zero-order valence-corrected chi connectivity index (χ0v) is 19.9. The lowest BCUT2D eigenvalue weighted by Gasteiger charge is -2.20. The van der Waals surface area contributed by atoms with E-state index in [-0.39, 0.29) is 15.5 Å². The number of anilines is 2. The summed E-state index contributed by atoms with van der Waals surface area (Å²) in [6.07, 6.45) is 0.754. The largest absolute Gasteiger partial charge is 0.497 e. The maximum absolute atomic E-state index is 13.1. The SMILES string of the molecule is CCc1nc(NC(=O)c2cc(S(=O)(=O)N(C)c3ccc(OC)cc3)ccc2Cl)sc1C. The van der Waals surface area contributed by atoms with Gasteiger partial charge in [-0.2, -0.15) is 0 Å². The average molecular weight is 480 g/mol. The van der Waals surface area contributed by atoms with Gasteiger partial charge in [-0.25, -0.2) is 13.4 Å². The number of aryl methyl sites for hydroxylation is 2. The fraction of sp³-hybridized carbons (Fsp3) is 0.238. The molecule has 0 unspecified atom stereocenters. The highest BCUT2D eigenvalue weighted by atomic mass is 35.5. The zero-order valence-electron chi connectivity index (χ0n) is 17.5. The van der Waals surface area contributed by atoms with E-state index in [1.165, 1.54) is 43.7 Å². The van der Waals surface area contributed by atoms with E-state index in [1.54, 1.807) is 24.3 Å². The van der Waals surface area contributed by atoms with Gasteiger partial charge in [-0.15, -0.1) is 11.3 Å². The van der Waals surface area contributed by atoms with Gasteiger partial charge in [0.1, 0.15) is 5.75 Å². The van der Waals surface area contributed by atoms with Crippen LogP contribution in [0.2, 0.25) is 5.02 Å². The Balaban J connectivity index is 1.90. The number of ether oxygens (including phenoxy) is 1. The molecular formula is C21H22ClN3O4S2. The van der Waals surface area contributed by atoms with Crippen molar-refractivity contribution in [1.82, 2.24) is 4.98 Å². The summed E-state index contributed by atoms with van der Waals surface area (Å²) in [6.45, 7) is 3.92. The number of aromatic nitrogens is 1. The minimum absolute atomic E-state index is 0.0510. The third kappa shape index (κ3) is 4.84. The number of hydrogen-bond donors (Lipinski definition) is 1. The second kappa shape index (κ2) is 9.25. The first-order valence-electron chi connectivity index (χ1n) is 9.37. The van der Waals surface area contributed by atoms with Gasteiger partial charge in [-0.05, 0) is 55.8 Å². The molecule has 0 saturated carbocycles. The Hall–Kier alpha value is -2.62. The van der Waals surface area contributed by atoms with Crippen LogP contribution in [-0.4, -0.2) is 33.5 Å². The van der Waals surface area contributed by atoms with Gasteiger partial charge in [0.2, 0.25) is 0 Å². The first-order chi connectivity index (χ1) is 14.7. The molecule has 0 aliphatic rings. The summed E-state index contributed by atoms with van der Waals surface area (Å²) in [4.78, 5) is 18.1. The lowest BCUT2D eigenvalue weighted by molar-refractivity contribution is 0.102. The van der Waals surface area contributed by atoms with Gasteiger partial charge in [0, 0.05) is 11.9 Å². The topological polar surface area (TPSA) is 88.6 Å². The van der Waals surface area contributed by atoms with E-state index in [4.69, 9.17) is 16.3 Å². The smallest absolute Gasteiger partial charge is 0.264 e. The monoisotopic (exact) mass is 479 g/mol. The summed E-state index contributed by atoms with van der Waals surface area (Å²) in [6, 6.07) is 10.7. The molecule has 0 bridgehead atoms. The van der Waals surface area contributed by atoms with E-state index < -0.39 is 15.9 Å². The van der Waals surface area contributed by atoms with Crippen LogP contribution in [0.5, 0.6) is 5.75 Å². The molecule has 0 aliphatic carbocycles. The number of nitrogens with one attached hydrogen (secondary N) is 1. The third-order valence-electron chi connectivity index (χ3n) is 4.72. The van der Waals surface area contributed by atoms with Crippen molar-refractivity contribution in [3.8, 4) is 5.75 Å². The zero-order chi connectivity index (χ0) is 22.8. The maximum atomic E-state index is 13.1. The van der Waals surface area contributed by atoms with Crippen LogP contribution in [0.25, 0.3) is 0 Å². The van der Waals surface area contributed by atoms with E-state index in [9.17, 15) is 13.2 Å². The van der Waals surface area contributed by atoms with Crippen LogP contribution in [0.1, 0.15) is 27.9 Å². The van der Waals surface area contributed by atoms with Crippen LogP contribution in [0.3, 0.4) is 0 Å². The van der Waals surface area contributed by atoms with Crippen molar-refractivity contribution < 1.29 is 17.9 Å². The first-order valence-corrected chi connectivity index (χ1v) is 12.0. The van der Waals surface area contributed by atoms with Gasteiger partial charge in [-0.3, -0.25) is 14.4 Å². The number of sulfonamides is 1.